The number of methoxy groups -OCH3 is 1. The van der Waals surface area contributed by atoms with Crippen LogP contribution in [0.5, 0.6) is 0 Å². The number of amides is 3. The molecule has 36 heavy (non-hydrogen) atoms. The van der Waals surface area contributed by atoms with Crippen molar-refractivity contribution in [2.75, 3.05) is 20.3 Å². The maximum atomic E-state index is 12.7. The standard InChI is InChI=1S/C26H46N4O6/c1-17-5-3-13-27-25(17)30-26(34)29-19-9-7-18(8-10-19)15-23(31)28-20-11-12-21(35-2)22(16-20)36-14-4-6-24(32)33/h17-22,25,27H,3-16H2,1-2H3,(H,28,31)(H,32,33)(H2,29,30,34). The predicted molar refractivity (Wildman–Crippen MR) is 135 cm³/mol. The molecular formula is C26H46N4O6. The number of aliphatic carboxylic acids is 1. The summed E-state index contributed by atoms with van der Waals surface area (Å²) in [5, 5.41) is 21.5. The Labute approximate surface area is 215 Å². The van der Waals surface area contributed by atoms with Gasteiger partial charge in [-0.2, -0.15) is 0 Å². The first-order valence-electron chi connectivity index (χ1n) is 13.8. The van der Waals surface area contributed by atoms with Crippen LogP contribution < -0.4 is 21.3 Å². The Bertz CT molecular complexity index is 715. The third-order valence-electron chi connectivity index (χ3n) is 7.98. The van der Waals surface area contributed by atoms with Crippen molar-refractivity contribution in [2.45, 2.75) is 114 Å². The average Bonchev–Trinajstić information content (AvgIpc) is 2.84. The maximum Gasteiger partial charge on any atom is 0.316 e. The second kappa shape index (κ2) is 14.7. The maximum absolute atomic E-state index is 12.7. The molecule has 10 nitrogen and oxygen atoms in total. The van der Waals surface area contributed by atoms with Crippen LogP contribution in [0.2, 0.25) is 0 Å². The number of carbonyl (C=O) groups excluding carboxylic acids is 2. The summed E-state index contributed by atoms with van der Waals surface area (Å²) in [6.07, 6.45) is 9.19. The SMILES string of the molecule is COC1CCC(NC(=O)CC2CCC(NC(=O)NC3NCCCC3C)CC2)CC1OCCCC(=O)O. The summed E-state index contributed by atoms with van der Waals surface area (Å²) in [7, 11) is 1.67. The smallest absolute Gasteiger partial charge is 0.316 e. The first-order chi connectivity index (χ1) is 17.3. The average molecular weight is 511 g/mol. The highest BCUT2D eigenvalue weighted by molar-refractivity contribution is 5.76. The summed E-state index contributed by atoms with van der Waals surface area (Å²) in [6.45, 7) is 3.48. The summed E-state index contributed by atoms with van der Waals surface area (Å²) >= 11 is 0. The van der Waals surface area contributed by atoms with Crippen LogP contribution in [0.3, 0.4) is 0 Å². The molecule has 10 heteroatoms. The van der Waals surface area contributed by atoms with Crippen molar-refractivity contribution in [2.24, 2.45) is 11.8 Å². The summed E-state index contributed by atoms with van der Waals surface area (Å²) in [5.41, 5.74) is 0. The fraction of sp³-hybridized carbons (Fsp3) is 0.885. The van der Waals surface area contributed by atoms with Crippen molar-refractivity contribution >= 4 is 17.9 Å². The highest BCUT2D eigenvalue weighted by atomic mass is 16.5. The Morgan fingerprint density at radius 1 is 0.944 bits per heavy atom. The first-order valence-corrected chi connectivity index (χ1v) is 13.8. The number of carbonyl (C=O) groups is 3. The minimum Gasteiger partial charge on any atom is -0.481 e. The number of piperidine rings is 1. The molecule has 3 fully saturated rings. The van der Waals surface area contributed by atoms with E-state index in [9.17, 15) is 14.4 Å². The van der Waals surface area contributed by atoms with Crippen LogP contribution >= 0.6 is 0 Å². The highest BCUT2D eigenvalue weighted by Crippen LogP contribution is 2.28. The number of ether oxygens (including phenoxy) is 2. The van der Waals surface area contributed by atoms with Crippen molar-refractivity contribution in [1.82, 2.24) is 21.3 Å². The molecule has 3 amide bonds. The van der Waals surface area contributed by atoms with E-state index in [1.165, 1.54) is 0 Å². The topological polar surface area (TPSA) is 138 Å². The van der Waals surface area contributed by atoms with E-state index in [4.69, 9.17) is 14.6 Å². The van der Waals surface area contributed by atoms with E-state index >= 15 is 0 Å². The summed E-state index contributed by atoms with van der Waals surface area (Å²) < 4.78 is 11.5. The van der Waals surface area contributed by atoms with Gasteiger partial charge in [-0.1, -0.05) is 6.92 Å². The van der Waals surface area contributed by atoms with Crippen LogP contribution in [0.25, 0.3) is 0 Å². The zero-order chi connectivity index (χ0) is 25.9. The van der Waals surface area contributed by atoms with Crippen LogP contribution in [-0.2, 0) is 19.1 Å². The van der Waals surface area contributed by atoms with Crippen molar-refractivity contribution in [1.29, 1.82) is 0 Å². The molecule has 1 saturated heterocycles. The predicted octanol–water partition coefficient (Wildman–Crippen LogP) is 2.51. The van der Waals surface area contributed by atoms with Gasteiger partial charge >= 0.3 is 12.0 Å². The van der Waals surface area contributed by atoms with Gasteiger partial charge in [-0.3, -0.25) is 14.9 Å². The van der Waals surface area contributed by atoms with E-state index in [2.05, 4.69) is 28.2 Å². The molecule has 2 saturated carbocycles. The van der Waals surface area contributed by atoms with Crippen molar-refractivity contribution in [3.8, 4) is 0 Å². The Morgan fingerprint density at radius 3 is 2.39 bits per heavy atom. The molecule has 0 aromatic heterocycles. The lowest BCUT2D eigenvalue weighted by atomic mass is 9.83. The Balaban J connectivity index is 1.32. The molecule has 5 unspecified atom stereocenters. The largest absolute Gasteiger partial charge is 0.481 e. The Hall–Kier alpha value is -1.91. The van der Waals surface area contributed by atoms with Crippen LogP contribution in [0.15, 0.2) is 0 Å². The van der Waals surface area contributed by atoms with Gasteiger partial charge in [-0.15, -0.1) is 0 Å². The molecule has 5 N–H and O–H groups in total. The van der Waals surface area contributed by atoms with Gasteiger partial charge in [0.1, 0.15) is 0 Å². The molecule has 3 aliphatic rings. The second-order valence-corrected chi connectivity index (χ2v) is 10.8. The summed E-state index contributed by atoms with van der Waals surface area (Å²) in [6, 6.07) is 0.103. The second-order valence-electron chi connectivity index (χ2n) is 10.8. The Morgan fingerprint density at radius 2 is 1.69 bits per heavy atom. The minimum absolute atomic E-state index is 0.0277. The lowest BCUT2D eigenvalue weighted by molar-refractivity contribution is -0.138. The van der Waals surface area contributed by atoms with Crippen molar-refractivity contribution in [3.05, 3.63) is 0 Å². The number of urea groups is 1. The van der Waals surface area contributed by atoms with Crippen LogP contribution in [0.1, 0.15) is 84.0 Å². The molecule has 206 valence electrons. The number of rotatable bonds is 11. The van der Waals surface area contributed by atoms with Gasteiger partial charge < -0.3 is 30.5 Å². The highest BCUT2D eigenvalue weighted by Gasteiger charge is 2.33. The number of nitrogens with one attached hydrogen (secondary N) is 4. The van der Waals surface area contributed by atoms with E-state index in [-0.39, 0.29) is 48.8 Å². The van der Waals surface area contributed by atoms with Gasteiger partial charge in [0.15, 0.2) is 0 Å². The quantitative estimate of drug-likeness (QED) is 0.269. The number of carboxylic acids is 1. The van der Waals surface area contributed by atoms with E-state index < -0.39 is 5.97 Å². The van der Waals surface area contributed by atoms with Crippen molar-refractivity contribution in [3.63, 3.8) is 0 Å². The minimum atomic E-state index is -0.824. The number of carboxylic acid groups (broad SMARTS) is 1. The summed E-state index contributed by atoms with van der Waals surface area (Å²) in [4.78, 5) is 35.9. The molecule has 0 spiro atoms. The Kier molecular flexibility index (Phi) is 11.7. The molecule has 5 atom stereocenters. The molecular weight excluding hydrogens is 464 g/mol. The van der Waals surface area contributed by atoms with Gasteiger partial charge in [0.2, 0.25) is 5.91 Å². The van der Waals surface area contributed by atoms with Crippen LogP contribution in [0, 0.1) is 11.8 Å². The van der Waals surface area contributed by atoms with Crippen LogP contribution in [0.4, 0.5) is 4.79 Å². The fourth-order valence-electron chi connectivity index (χ4n) is 5.81. The van der Waals surface area contributed by atoms with Gasteiger partial charge in [0.25, 0.3) is 0 Å². The van der Waals surface area contributed by atoms with E-state index in [0.717, 1.165) is 57.9 Å². The fourth-order valence-corrected chi connectivity index (χ4v) is 5.81. The monoisotopic (exact) mass is 510 g/mol. The van der Waals surface area contributed by atoms with Gasteiger partial charge in [-0.25, -0.2) is 4.79 Å². The molecule has 0 aromatic rings. The van der Waals surface area contributed by atoms with Gasteiger partial charge in [-0.05, 0) is 82.6 Å². The molecule has 2 aliphatic carbocycles. The number of hydrogen-bond acceptors (Lipinski definition) is 6. The van der Waals surface area contributed by atoms with E-state index in [1.807, 2.05) is 0 Å². The molecule has 1 heterocycles. The third-order valence-corrected chi connectivity index (χ3v) is 7.98. The normalized spacial score (nSPS) is 32.9. The number of hydrogen-bond donors (Lipinski definition) is 5. The van der Waals surface area contributed by atoms with E-state index in [1.54, 1.807) is 7.11 Å². The molecule has 0 bridgehead atoms. The lowest BCUT2D eigenvalue weighted by Crippen LogP contribution is -2.56. The van der Waals surface area contributed by atoms with E-state index in [0.29, 0.717) is 37.7 Å². The molecule has 0 aromatic carbocycles. The molecule has 0 radical (unpaired) electrons. The first kappa shape index (κ1) is 28.7. The van der Waals surface area contributed by atoms with Gasteiger partial charge in [0, 0.05) is 38.6 Å². The lowest BCUT2D eigenvalue weighted by Gasteiger charge is -2.36. The molecule has 1 aliphatic heterocycles. The van der Waals surface area contributed by atoms with Gasteiger partial charge in [0.05, 0.1) is 18.4 Å². The third kappa shape index (κ3) is 9.52. The zero-order valence-electron chi connectivity index (χ0n) is 21.9. The van der Waals surface area contributed by atoms with Crippen molar-refractivity contribution < 1.29 is 29.0 Å². The summed E-state index contributed by atoms with van der Waals surface area (Å²) in [5.74, 6) is 0.0220. The zero-order valence-corrected chi connectivity index (χ0v) is 21.9. The van der Waals surface area contributed by atoms with Crippen LogP contribution in [-0.4, -0.2) is 73.7 Å². The molecule has 3 rings (SSSR count).